The van der Waals surface area contributed by atoms with Gasteiger partial charge in [-0.05, 0) is 43.9 Å². The van der Waals surface area contributed by atoms with Crippen molar-refractivity contribution in [3.8, 4) is 0 Å². The van der Waals surface area contributed by atoms with Crippen LogP contribution < -0.4 is 4.72 Å². The van der Waals surface area contributed by atoms with Gasteiger partial charge in [-0.15, -0.1) is 0 Å². The molecule has 0 saturated carbocycles. The van der Waals surface area contributed by atoms with Gasteiger partial charge in [-0.3, -0.25) is 4.72 Å². The molecule has 1 N–H and O–H groups in total. The van der Waals surface area contributed by atoms with Crippen LogP contribution in [-0.4, -0.2) is 38.5 Å². The van der Waals surface area contributed by atoms with Crippen molar-refractivity contribution in [2.24, 2.45) is 0 Å². The number of likely N-dealkylation sites (N-methyl/N-ethyl adjacent to an activating group) is 1. The van der Waals surface area contributed by atoms with E-state index in [2.05, 4.69) is 14.2 Å². The summed E-state index contributed by atoms with van der Waals surface area (Å²) in [6.45, 7) is 1.85. The maximum Gasteiger partial charge on any atom is 0.236 e. The van der Waals surface area contributed by atoms with E-state index < -0.39 is 10.0 Å². The number of anilines is 1. The third-order valence-corrected chi connectivity index (χ3v) is 5.29. The number of sulfonamides is 1. The number of hydrogen-bond acceptors (Lipinski definition) is 3. The van der Waals surface area contributed by atoms with Crippen LogP contribution in [0.25, 0.3) is 10.9 Å². The van der Waals surface area contributed by atoms with Crippen LogP contribution in [-0.2, 0) is 22.3 Å². The monoisotopic (exact) mass is 357 g/mol. The first-order valence-electron chi connectivity index (χ1n) is 8.21. The van der Waals surface area contributed by atoms with Gasteiger partial charge in [-0.1, -0.05) is 30.3 Å². The average molecular weight is 357 g/mol. The van der Waals surface area contributed by atoms with Gasteiger partial charge in [0.15, 0.2) is 0 Å². The lowest BCUT2D eigenvalue weighted by atomic mass is 10.2. The largest absolute Gasteiger partial charge is 0.346 e. The summed E-state index contributed by atoms with van der Waals surface area (Å²) in [6.07, 6.45) is 2.04. The SMILES string of the molecule is CN(C)CCn1ccc2cc(NS(=O)(=O)Cc3ccccc3)ccc21. The molecule has 0 radical (unpaired) electrons. The number of rotatable bonds is 7. The number of aromatic nitrogens is 1. The smallest absolute Gasteiger partial charge is 0.236 e. The Morgan fingerprint density at radius 3 is 2.52 bits per heavy atom. The molecule has 3 rings (SSSR count). The summed E-state index contributed by atoms with van der Waals surface area (Å²) in [5.74, 6) is -0.0320. The quantitative estimate of drug-likeness (QED) is 0.707. The van der Waals surface area contributed by atoms with Crippen LogP contribution in [0.15, 0.2) is 60.8 Å². The molecule has 3 aromatic rings. The molecule has 2 aromatic carbocycles. The molecule has 0 unspecified atom stereocenters. The van der Waals surface area contributed by atoms with Gasteiger partial charge < -0.3 is 9.47 Å². The van der Waals surface area contributed by atoms with Gasteiger partial charge in [0.05, 0.1) is 5.75 Å². The summed E-state index contributed by atoms with van der Waals surface area (Å²) in [6, 6.07) is 16.9. The Balaban J connectivity index is 1.76. The lowest BCUT2D eigenvalue weighted by Crippen LogP contribution is -2.18. The van der Waals surface area contributed by atoms with E-state index in [0.717, 1.165) is 29.6 Å². The number of benzene rings is 2. The number of nitrogens with zero attached hydrogens (tertiary/aromatic N) is 2. The van der Waals surface area contributed by atoms with E-state index in [1.165, 1.54) is 0 Å². The van der Waals surface area contributed by atoms with Crippen molar-refractivity contribution in [1.82, 2.24) is 9.47 Å². The summed E-state index contributed by atoms with van der Waals surface area (Å²) >= 11 is 0. The van der Waals surface area contributed by atoms with Crippen molar-refractivity contribution in [2.45, 2.75) is 12.3 Å². The van der Waals surface area contributed by atoms with Crippen LogP contribution in [0.5, 0.6) is 0 Å². The Morgan fingerprint density at radius 1 is 1.04 bits per heavy atom. The Labute approximate surface area is 148 Å². The minimum absolute atomic E-state index is 0.0320. The van der Waals surface area contributed by atoms with Crippen LogP contribution in [0.3, 0.4) is 0 Å². The predicted molar refractivity (Wildman–Crippen MR) is 103 cm³/mol. The molecule has 6 heteroatoms. The van der Waals surface area contributed by atoms with Gasteiger partial charge in [0, 0.05) is 35.9 Å². The molecule has 132 valence electrons. The number of fused-ring (bicyclic) bond motifs is 1. The fourth-order valence-electron chi connectivity index (χ4n) is 2.78. The van der Waals surface area contributed by atoms with Crippen LogP contribution in [0.2, 0.25) is 0 Å². The summed E-state index contributed by atoms with van der Waals surface area (Å²) in [7, 11) is 0.659. The lowest BCUT2D eigenvalue weighted by molar-refractivity contribution is 0.387. The highest BCUT2D eigenvalue weighted by atomic mass is 32.2. The van der Waals surface area contributed by atoms with Crippen molar-refractivity contribution in [1.29, 1.82) is 0 Å². The molecule has 0 amide bonds. The van der Waals surface area contributed by atoms with Gasteiger partial charge in [-0.25, -0.2) is 8.42 Å². The van der Waals surface area contributed by atoms with Crippen LogP contribution in [0.4, 0.5) is 5.69 Å². The molecule has 0 saturated heterocycles. The van der Waals surface area contributed by atoms with Crippen molar-refractivity contribution in [3.05, 3.63) is 66.4 Å². The van der Waals surface area contributed by atoms with E-state index in [4.69, 9.17) is 0 Å². The van der Waals surface area contributed by atoms with Gasteiger partial charge in [0.1, 0.15) is 0 Å². The molecular weight excluding hydrogens is 334 g/mol. The highest BCUT2D eigenvalue weighted by molar-refractivity contribution is 7.91. The first kappa shape index (κ1) is 17.5. The Hall–Kier alpha value is -2.31. The second-order valence-electron chi connectivity index (χ2n) is 6.43. The molecule has 0 spiro atoms. The van der Waals surface area contributed by atoms with Crippen LogP contribution >= 0.6 is 0 Å². The first-order chi connectivity index (χ1) is 11.9. The number of hydrogen-bond donors (Lipinski definition) is 1. The summed E-state index contributed by atoms with van der Waals surface area (Å²) in [4.78, 5) is 2.14. The fourth-order valence-corrected chi connectivity index (χ4v) is 3.97. The number of nitrogens with one attached hydrogen (secondary N) is 1. The Morgan fingerprint density at radius 2 is 1.80 bits per heavy atom. The molecule has 0 fully saturated rings. The van der Waals surface area contributed by atoms with Gasteiger partial charge in [0.2, 0.25) is 10.0 Å². The molecule has 0 aliphatic heterocycles. The first-order valence-corrected chi connectivity index (χ1v) is 9.86. The van der Waals surface area contributed by atoms with Crippen molar-refractivity contribution in [2.75, 3.05) is 25.4 Å². The maximum atomic E-state index is 12.4. The zero-order valence-corrected chi connectivity index (χ0v) is 15.3. The molecule has 0 aliphatic carbocycles. The molecule has 0 bridgehead atoms. The minimum Gasteiger partial charge on any atom is -0.346 e. The van der Waals surface area contributed by atoms with Crippen LogP contribution in [0, 0.1) is 0 Å². The highest BCUT2D eigenvalue weighted by Crippen LogP contribution is 2.22. The normalized spacial score (nSPS) is 12.0. The molecule has 25 heavy (non-hydrogen) atoms. The summed E-state index contributed by atoms with van der Waals surface area (Å²) in [5.41, 5.74) is 2.47. The van der Waals surface area contributed by atoms with Crippen molar-refractivity contribution in [3.63, 3.8) is 0 Å². The predicted octanol–water partition coefficient (Wildman–Crippen LogP) is 3.14. The van der Waals surface area contributed by atoms with E-state index in [1.807, 2.05) is 74.9 Å². The summed E-state index contributed by atoms with van der Waals surface area (Å²) in [5, 5.41) is 1.03. The third-order valence-electron chi connectivity index (χ3n) is 4.03. The van der Waals surface area contributed by atoms with Crippen molar-refractivity contribution < 1.29 is 8.42 Å². The lowest BCUT2D eigenvalue weighted by Gasteiger charge is -2.12. The molecule has 1 aromatic heterocycles. The fraction of sp³-hybridized carbons (Fsp3) is 0.263. The average Bonchev–Trinajstić information content (AvgIpc) is 2.95. The van der Waals surface area contributed by atoms with E-state index in [9.17, 15) is 8.42 Å². The van der Waals surface area contributed by atoms with Crippen molar-refractivity contribution >= 4 is 26.6 Å². The zero-order valence-electron chi connectivity index (χ0n) is 14.5. The van der Waals surface area contributed by atoms with Gasteiger partial charge >= 0.3 is 0 Å². The third kappa shape index (κ3) is 4.61. The highest BCUT2D eigenvalue weighted by Gasteiger charge is 2.12. The Kier molecular flexibility index (Phi) is 5.11. The standard InChI is InChI=1S/C19H23N3O2S/c1-21(2)12-13-22-11-10-17-14-18(8-9-19(17)22)20-25(23,24)15-16-6-4-3-5-7-16/h3-11,14,20H,12-13,15H2,1-2H3. The van der Waals surface area contributed by atoms with E-state index >= 15 is 0 Å². The minimum atomic E-state index is -3.43. The molecule has 0 aliphatic rings. The van der Waals surface area contributed by atoms with Gasteiger partial charge in [0.25, 0.3) is 0 Å². The van der Waals surface area contributed by atoms with E-state index in [-0.39, 0.29) is 5.75 Å². The van der Waals surface area contributed by atoms with E-state index in [0.29, 0.717) is 5.69 Å². The molecule has 0 atom stereocenters. The Bertz CT molecular complexity index is 947. The molecule has 5 nitrogen and oxygen atoms in total. The second kappa shape index (κ2) is 7.29. The maximum absolute atomic E-state index is 12.4. The second-order valence-corrected chi connectivity index (χ2v) is 8.16. The van der Waals surface area contributed by atoms with Gasteiger partial charge in [-0.2, -0.15) is 0 Å². The van der Waals surface area contributed by atoms with Crippen LogP contribution in [0.1, 0.15) is 5.56 Å². The molecule has 1 heterocycles. The molecular formula is C19H23N3O2S. The van der Waals surface area contributed by atoms with E-state index in [1.54, 1.807) is 0 Å². The summed E-state index contributed by atoms with van der Waals surface area (Å²) < 4.78 is 29.6. The topological polar surface area (TPSA) is 54.3 Å². The zero-order chi connectivity index (χ0) is 17.9.